The Kier molecular flexibility index (Phi) is 8.44. The monoisotopic (exact) mass is 228 g/mol. The molecule has 0 amide bonds. The van der Waals surface area contributed by atoms with E-state index < -0.39 is 0 Å². The van der Waals surface area contributed by atoms with Crippen molar-refractivity contribution in [2.24, 2.45) is 5.73 Å². The Morgan fingerprint density at radius 3 is 1.92 bits per heavy atom. The number of likely N-dealkylation sites (tertiary alicyclic amines) is 1. The SMILES string of the molecule is CC(C)(N)CN1CCCCC1.Cl.Cl. The van der Waals surface area contributed by atoms with Gasteiger partial charge in [0.1, 0.15) is 0 Å². The first-order valence-electron chi connectivity index (χ1n) is 4.59. The van der Waals surface area contributed by atoms with Crippen LogP contribution in [0.3, 0.4) is 0 Å². The van der Waals surface area contributed by atoms with Crippen LogP contribution in [0.25, 0.3) is 0 Å². The number of rotatable bonds is 2. The minimum absolute atomic E-state index is 0. The van der Waals surface area contributed by atoms with Gasteiger partial charge in [-0.3, -0.25) is 0 Å². The highest BCUT2D eigenvalue weighted by Crippen LogP contribution is 2.11. The van der Waals surface area contributed by atoms with Crippen molar-refractivity contribution in [1.29, 1.82) is 0 Å². The standard InChI is InChI=1S/C9H20N2.2ClH/c1-9(2,10)8-11-6-4-3-5-7-11;;/h3-8,10H2,1-2H3;2*1H. The van der Waals surface area contributed by atoms with Crippen LogP contribution in [0.4, 0.5) is 0 Å². The van der Waals surface area contributed by atoms with E-state index in [0.717, 1.165) is 6.54 Å². The van der Waals surface area contributed by atoms with E-state index in [2.05, 4.69) is 18.7 Å². The maximum absolute atomic E-state index is 5.92. The fourth-order valence-electron chi connectivity index (χ4n) is 1.69. The Balaban J connectivity index is 0. The lowest BCUT2D eigenvalue weighted by molar-refractivity contribution is 0.192. The Morgan fingerprint density at radius 1 is 1.08 bits per heavy atom. The van der Waals surface area contributed by atoms with E-state index in [0.29, 0.717) is 0 Å². The number of piperidine rings is 1. The second kappa shape index (κ2) is 6.88. The third kappa shape index (κ3) is 7.56. The summed E-state index contributed by atoms with van der Waals surface area (Å²) in [7, 11) is 0. The zero-order valence-corrected chi connectivity index (χ0v) is 10.2. The lowest BCUT2D eigenvalue weighted by Gasteiger charge is -2.32. The normalized spacial score (nSPS) is 18.7. The number of hydrogen-bond acceptors (Lipinski definition) is 2. The molecule has 1 heterocycles. The van der Waals surface area contributed by atoms with Crippen LogP contribution in [-0.2, 0) is 0 Å². The first-order valence-corrected chi connectivity index (χ1v) is 4.59. The van der Waals surface area contributed by atoms with Gasteiger partial charge in [0.05, 0.1) is 0 Å². The van der Waals surface area contributed by atoms with Crippen LogP contribution in [0.5, 0.6) is 0 Å². The molecule has 0 unspecified atom stereocenters. The molecule has 2 N–H and O–H groups in total. The molecule has 1 aliphatic rings. The van der Waals surface area contributed by atoms with Gasteiger partial charge in [0.2, 0.25) is 0 Å². The fraction of sp³-hybridized carbons (Fsp3) is 1.00. The van der Waals surface area contributed by atoms with Crippen LogP contribution in [0.2, 0.25) is 0 Å². The molecule has 1 fully saturated rings. The van der Waals surface area contributed by atoms with Gasteiger partial charge in [0.15, 0.2) is 0 Å². The molecule has 4 heteroatoms. The van der Waals surface area contributed by atoms with Crippen molar-refractivity contribution in [3.63, 3.8) is 0 Å². The summed E-state index contributed by atoms with van der Waals surface area (Å²) in [6, 6.07) is 0. The number of halogens is 2. The molecular formula is C9H22Cl2N2. The highest BCUT2D eigenvalue weighted by molar-refractivity contribution is 5.85. The molecule has 13 heavy (non-hydrogen) atoms. The van der Waals surface area contributed by atoms with Gasteiger partial charge >= 0.3 is 0 Å². The molecule has 2 nitrogen and oxygen atoms in total. The summed E-state index contributed by atoms with van der Waals surface area (Å²) in [6.45, 7) is 7.75. The smallest absolute Gasteiger partial charge is 0.0226 e. The third-order valence-electron chi connectivity index (χ3n) is 2.08. The number of nitrogens with zero attached hydrogens (tertiary/aromatic N) is 1. The zero-order valence-electron chi connectivity index (χ0n) is 8.58. The van der Waals surface area contributed by atoms with Gasteiger partial charge in [-0.1, -0.05) is 6.42 Å². The summed E-state index contributed by atoms with van der Waals surface area (Å²) < 4.78 is 0. The van der Waals surface area contributed by atoms with Crippen LogP contribution in [0.15, 0.2) is 0 Å². The molecule has 0 aromatic heterocycles. The minimum Gasteiger partial charge on any atom is -0.324 e. The van der Waals surface area contributed by atoms with Gasteiger partial charge in [0, 0.05) is 12.1 Å². The molecule has 0 radical (unpaired) electrons. The predicted octanol–water partition coefficient (Wildman–Crippen LogP) is 2.05. The second-order valence-electron chi connectivity index (χ2n) is 4.33. The van der Waals surface area contributed by atoms with E-state index in [9.17, 15) is 0 Å². The van der Waals surface area contributed by atoms with E-state index in [1.165, 1.54) is 32.4 Å². The maximum Gasteiger partial charge on any atom is 0.0226 e. The van der Waals surface area contributed by atoms with Gasteiger partial charge in [-0.2, -0.15) is 0 Å². The summed E-state index contributed by atoms with van der Waals surface area (Å²) in [5.41, 5.74) is 5.91. The van der Waals surface area contributed by atoms with Crippen LogP contribution in [0.1, 0.15) is 33.1 Å². The van der Waals surface area contributed by atoms with Crippen molar-refractivity contribution in [2.45, 2.75) is 38.6 Å². The van der Waals surface area contributed by atoms with Crippen LogP contribution in [-0.4, -0.2) is 30.1 Å². The summed E-state index contributed by atoms with van der Waals surface area (Å²) in [6.07, 6.45) is 4.12. The summed E-state index contributed by atoms with van der Waals surface area (Å²) in [5, 5.41) is 0. The van der Waals surface area contributed by atoms with E-state index in [1.54, 1.807) is 0 Å². The lowest BCUT2D eigenvalue weighted by atomic mass is 10.0. The molecule has 0 bridgehead atoms. The Labute approximate surface area is 94.1 Å². The third-order valence-corrected chi connectivity index (χ3v) is 2.08. The van der Waals surface area contributed by atoms with Crippen molar-refractivity contribution < 1.29 is 0 Å². The Bertz CT molecular complexity index is 117. The molecule has 0 aromatic carbocycles. The zero-order chi connectivity index (χ0) is 8.32. The summed E-state index contributed by atoms with van der Waals surface area (Å²) >= 11 is 0. The van der Waals surface area contributed by atoms with Crippen molar-refractivity contribution in [3.05, 3.63) is 0 Å². The first-order chi connectivity index (χ1) is 5.08. The lowest BCUT2D eigenvalue weighted by Crippen LogP contribution is -2.46. The first kappa shape index (κ1) is 15.9. The number of nitrogens with two attached hydrogens (primary N) is 1. The van der Waals surface area contributed by atoms with Crippen molar-refractivity contribution in [3.8, 4) is 0 Å². The molecule has 0 saturated carbocycles. The van der Waals surface area contributed by atoms with Gasteiger partial charge in [-0.05, 0) is 39.8 Å². The summed E-state index contributed by atoms with van der Waals surface area (Å²) in [4.78, 5) is 2.48. The van der Waals surface area contributed by atoms with Crippen molar-refractivity contribution >= 4 is 24.8 Å². The average Bonchev–Trinajstić information content (AvgIpc) is 1.85. The van der Waals surface area contributed by atoms with Crippen LogP contribution in [0, 0.1) is 0 Å². The second-order valence-corrected chi connectivity index (χ2v) is 4.33. The highest BCUT2D eigenvalue weighted by atomic mass is 35.5. The molecule has 1 saturated heterocycles. The topological polar surface area (TPSA) is 29.3 Å². The minimum atomic E-state index is -0.0165. The quantitative estimate of drug-likeness (QED) is 0.785. The molecule has 1 rings (SSSR count). The van der Waals surface area contributed by atoms with Gasteiger partial charge in [-0.25, -0.2) is 0 Å². The molecule has 0 spiro atoms. The van der Waals surface area contributed by atoms with Crippen molar-refractivity contribution in [1.82, 2.24) is 4.90 Å². The molecule has 82 valence electrons. The fourth-order valence-corrected chi connectivity index (χ4v) is 1.69. The predicted molar refractivity (Wildman–Crippen MR) is 63.1 cm³/mol. The van der Waals surface area contributed by atoms with E-state index in [4.69, 9.17) is 5.73 Å². The van der Waals surface area contributed by atoms with Gasteiger partial charge < -0.3 is 10.6 Å². The summed E-state index contributed by atoms with van der Waals surface area (Å²) in [5.74, 6) is 0. The van der Waals surface area contributed by atoms with Crippen LogP contribution < -0.4 is 5.73 Å². The maximum atomic E-state index is 5.92. The molecule has 0 aliphatic carbocycles. The molecule has 0 atom stereocenters. The average molecular weight is 229 g/mol. The Hall–Kier alpha value is 0.500. The molecule has 0 aromatic rings. The van der Waals surface area contributed by atoms with E-state index in [-0.39, 0.29) is 30.4 Å². The Morgan fingerprint density at radius 2 is 1.54 bits per heavy atom. The molecule has 1 aliphatic heterocycles. The number of hydrogen-bond donors (Lipinski definition) is 1. The molecular weight excluding hydrogens is 207 g/mol. The largest absolute Gasteiger partial charge is 0.324 e. The van der Waals surface area contributed by atoms with Gasteiger partial charge in [0.25, 0.3) is 0 Å². The highest BCUT2D eigenvalue weighted by Gasteiger charge is 2.17. The van der Waals surface area contributed by atoms with Crippen molar-refractivity contribution in [2.75, 3.05) is 19.6 Å². The van der Waals surface area contributed by atoms with Gasteiger partial charge in [-0.15, -0.1) is 24.8 Å². The van der Waals surface area contributed by atoms with Crippen LogP contribution >= 0.6 is 24.8 Å². The van der Waals surface area contributed by atoms with E-state index >= 15 is 0 Å². The van der Waals surface area contributed by atoms with E-state index in [1.807, 2.05) is 0 Å².